The van der Waals surface area contributed by atoms with E-state index in [1.165, 1.54) is 6.20 Å². The van der Waals surface area contributed by atoms with Crippen LogP contribution < -0.4 is 5.32 Å². The number of nitrogens with one attached hydrogen (secondary N) is 1. The normalized spacial score (nSPS) is 9.93. The molecule has 1 amide bonds. The van der Waals surface area contributed by atoms with Crippen molar-refractivity contribution in [1.29, 1.82) is 0 Å². The molecule has 6 nitrogen and oxygen atoms in total. The van der Waals surface area contributed by atoms with E-state index in [2.05, 4.69) is 20.4 Å². The second kappa shape index (κ2) is 3.87. The quantitative estimate of drug-likeness (QED) is 0.769. The smallest absolute Gasteiger partial charge is 0.261 e. The molecule has 2 aromatic heterocycles. The van der Waals surface area contributed by atoms with Crippen LogP contribution >= 0.6 is 0 Å². The molecule has 6 heteroatoms. The van der Waals surface area contributed by atoms with Crippen molar-refractivity contribution in [3.8, 4) is 0 Å². The Balaban J connectivity index is 2.11. The Morgan fingerprint density at radius 1 is 1.40 bits per heavy atom. The maximum absolute atomic E-state index is 11.6. The number of hydrogen-bond acceptors (Lipinski definition) is 4. The lowest BCUT2D eigenvalue weighted by atomic mass is 10.3. The first-order chi connectivity index (χ1) is 7.25. The van der Waals surface area contributed by atoms with E-state index in [0.717, 1.165) is 0 Å². The molecule has 0 fully saturated rings. The van der Waals surface area contributed by atoms with Gasteiger partial charge < -0.3 is 0 Å². The molecule has 0 bridgehead atoms. The fraction of sp³-hybridized carbons (Fsp3) is 0.111. The van der Waals surface area contributed by atoms with E-state index in [-0.39, 0.29) is 11.9 Å². The average Bonchev–Trinajstić information content (AvgIpc) is 2.66. The lowest BCUT2D eigenvalue weighted by Crippen LogP contribution is -2.13. The summed E-state index contributed by atoms with van der Waals surface area (Å²) in [5, 5.41) is 6.45. The fourth-order valence-electron chi connectivity index (χ4n) is 1.08. The molecule has 0 aliphatic rings. The highest BCUT2D eigenvalue weighted by molar-refractivity contribution is 6.02. The van der Waals surface area contributed by atoms with Gasteiger partial charge in [0.1, 0.15) is 0 Å². The monoisotopic (exact) mass is 203 g/mol. The van der Waals surface area contributed by atoms with E-state index in [1.54, 1.807) is 36.4 Å². The van der Waals surface area contributed by atoms with Gasteiger partial charge in [-0.25, -0.2) is 9.97 Å². The summed E-state index contributed by atoms with van der Waals surface area (Å²) < 4.78 is 1.56. The van der Waals surface area contributed by atoms with E-state index in [4.69, 9.17) is 0 Å². The lowest BCUT2D eigenvalue weighted by molar-refractivity contribution is 0.102. The van der Waals surface area contributed by atoms with E-state index < -0.39 is 0 Å². The van der Waals surface area contributed by atoms with Gasteiger partial charge in [-0.15, -0.1) is 0 Å². The van der Waals surface area contributed by atoms with Crippen LogP contribution in [-0.2, 0) is 7.05 Å². The molecule has 2 heterocycles. The summed E-state index contributed by atoms with van der Waals surface area (Å²) in [6.07, 6.45) is 6.23. The second-order valence-corrected chi connectivity index (χ2v) is 2.93. The van der Waals surface area contributed by atoms with Crippen molar-refractivity contribution in [2.45, 2.75) is 0 Å². The van der Waals surface area contributed by atoms with Gasteiger partial charge in [0.05, 0.1) is 11.8 Å². The predicted octanol–water partition coefficient (Wildman–Crippen LogP) is 0.462. The molecule has 0 aliphatic carbocycles. The molecular formula is C9H9N5O. The Hall–Kier alpha value is -2.24. The maximum Gasteiger partial charge on any atom is 0.261 e. The van der Waals surface area contributed by atoms with E-state index in [0.29, 0.717) is 5.56 Å². The number of aryl methyl sites for hydroxylation is 1. The molecule has 1 N–H and O–H groups in total. The number of amides is 1. The van der Waals surface area contributed by atoms with Crippen molar-refractivity contribution < 1.29 is 4.79 Å². The van der Waals surface area contributed by atoms with Gasteiger partial charge in [0.2, 0.25) is 5.95 Å². The molecule has 2 rings (SSSR count). The Kier molecular flexibility index (Phi) is 2.40. The highest BCUT2D eigenvalue weighted by atomic mass is 16.1. The highest BCUT2D eigenvalue weighted by Gasteiger charge is 2.08. The summed E-state index contributed by atoms with van der Waals surface area (Å²) in [5.74, 6) is 0.0145. The second-order valence-electron chi connectivity index (χ2n) is 2.93. The number of aromatic nitrogens is 4. The van der Waals surface area contributed by atoms with Crippen LogP contribution in [0.3, 0.4) is 0 Å². The minimum Gasteiger partial charge on any atom is -0.290 e. The Labute approximate surface area is 86.0 Å². The Morgan fingerprint density at radius 2 is 2.13 bits per heavy atom. The molecule has 0 aromatic carbocycles. The van der Waals surface area contributed by atoms with Gasteiger partial charge in [0, 0.05) is 25.6 Å². The number of carbonyl (C=O) groups excluding carboxylic acids is 1. The summed E-state index contributed by atoms with van der Waals surface area (Å²) in [4.78, 5) is 19.3. The molecule has 0 saturated carbocycles. The maximum atomic E-state index is 11.6. The number of anilines is 1. The molecule has 2 aromatic rings. The number of carbonyl (C=O) groups is 1. The van der Waals surface area contributed by atoms with E-state index >= 15 is 0 Å². The summed E-state index contributed by atoms with van der Waals surface area (Å²) in [5.41, 5.74) is 0.477. The topological polar surface area (TPSA) is 72.7 Å². The zero-order valence-electron chi connectivity index (χ0n) is 8.08. The van der Waals surface area contributed by atoms with Gasteiger partial charge in [-0.1, -0.05) is 0 Å². The highest BCUT2D eigenvalue weighted by Crippen LogP contribution is 2.01. The van der Waals surface area contributed by atoms with Crippen LogP contribution in [0.2, 0.25) is 0 Å². The minimum absolute atomic E-state index is 0.269. The number of rotatable bonds is 2. The van der Waals surface area contributed by atoms with Crippen molar-refractivity contribution in [2.24, 2.45) is 7.05 Å². The van der Waals surface area contributed by atoms with Crippen molar-refractivity contribution in [2.75, 3.05) is 5.32 Å². The largest absolute Gasteiger partial charge is 0.290 e. The van der Waals surface area contributed by atoms with Crippen molar-refractivity contribution in [3.05, 3.63) is 36.4 Å². The molecule has 15 heavy (non-hydrogen) atoms. The zero-order chi connectivity index (χ0) is 10.7. The standard InChI is InChI=1S/C9H9N5O/c1-14-6-7(5-12-14)8(15)13-9-10-3-2-4-11-9/h2-6H,1H3,(H,10,11,13,15). The van der Waals surface area contributed by atoms with Crippen LogP contribution in [0.4, 0.5) is 5.95 Å². The minimum atomic E-state index is -0.269. The molecule has 0 unspecified atom stereocenters. The van der Waals surface area contributed by atoms with Crippen LogP contribution in [0.25, 0.3) is 0 Å². The third kappa shape index (κ3) is 2.16. The van der Waals surface area contributed by atoms with Gasteiger partial charge in [0.15, 0.2) is 0 Å². The first kappa shape index (κ1) is 9.32. The third-order valence-corrected chi connectivity index (χ3v) is 1.76. The van der Waals surface area contributed by atoms with Crippen molar-refractivity contribution in [3.63, 3.8) is 0 Å². The first-order valence-electron chi connectivity index (χ1n) is 4.33. The predicted molar refractivity (Wildman–Crippen MR) is 53.2 cm³/mol. The van der Waals surface area contributed by atoms with Gasteiger partial charge in [-0.2, -0.15) is 5.10 Å². The summed E-state index contributed by atoms with van der Waals surface area (Å²) in [6, 6.07) is 1.68. The molecular weight excluding hydrogens is 194 g/mol. The molecule has 0 aliphatic heterocycles. The van der Waals surface area contributed by atoms with Gasteiger partial charge >= 0.3 is 0 Å². The van der Waals surface area contributed by atoms with E-state index in [9.17, 15) is 4.79 Å². The average molecular weight is 203 g/mol. The number of hydrogen-bond donors (Lipinski definition) is 1. The van der Waals surface area contributed by atoms with Crippen molar-refractivity contribution in [1.82, 2.24) is 19.7 Å². The van der Waals surface area contributed by atoms with Crippen molar-refractivity contribution >= 4 is 11.9 Å². The van der Waals surface area contributed by atoms with Gasteiger partial charge in [-0.3, -0.25) is 14.8 Å². The Morgan fingerprint density at radius 3 is 2.73 bits per heavy atom. The van der Waals surface area contributed by atoms with Crippen LogP contribution in [-0.4, -0.2) is 25.7 Å². The summed E-state index contributed by atoms with van der Waals surface area (Å²) in [6.45, 7) is 0. The molecule has 0 atom stereocenters. The fourth-order valence-corrected chi connectivity index (χ4v) is 1.08. The molecule has 0 spiro atoms. The Bertz CT molecular complexity index is 464. The molecule has 0 radical (unpaired) electrons. The van der Waals surface area contributed by atoms with Crippen LogP contribution in [0.15, 0.2) is 30.9 Å². The van der Waals surface area contributed by atoms with Crippen LogP contribution in [0, 0.1) is 0 Å². The van der Waals surface area contributed by atoms with Gasteiger partial charge in [-0.05, 0) is 6.07 Å². The third-order valence-electron chi connectivity index (χ3n) is 1.76. The van der Waals surface area contributed by atoms with Crippen LogP contribution in [0.5, 0.6) is 0 Å². The van der Waals surface area contributed by atoms with E-state index in [1.807, 2.05) is 0 Å². The first-order valence-corrected chi connectivity index (χ1v) is 4.33. The SMILES string of the molecule is Cn1cc(C(=O)Nc2ncccn2)cn1. The summed E-state index contributed by atoms with van der Waals surface area (Å²) in [7, 11) is 1.75. The summed E-state index contributed by atoms with van der Waals surface area (Å²) >= 11 is 0. The van der Waals surface area contributed by atoms with Gasteiger partial charge in [0.25, 0.3) is 5.91 Å². The molecule has 0 saturated heterocycles. The van der Waals surface area contributed by atoms with Crippen LogP contribution in [0.1, 0.15) is 10.4 Å². The molecule has 76 valence electrons. The zero-order valence-corrected chi connectivity index (χ0v) is 8.08. The lowest BCUT2D eigenvalue weighted by Gasteiger charge is -1.99. The number of nitrogens with zero attached hydrogens (tertiary/aromatic N) is 4.